The normalized spacial score (nSPS) is 21.0. The SMILES string of the molecule is NC(=O)C1CSC(c2nc3ccc4c(c3s2)CCCN4)=N1. The molecule has 1 atom stereocenters. The number of hydrogen-bond donors (Lipinski definition) is 2. The average molecular weight is 318 g/mol. The summed E-state index contributed by atoms with van der Waals surface area (Å²) < 4.78 is 1.24. The Hall–Kier alpha value is -1.60. The smallest absolute Gasteiger partial charge is 0.243 e. The van der Waals surface area contributed by atoms with Crippen molar-refractivity contribution in [2.45, 2.75) is 18.9 Å². The highest BCUT2D eigenvalue weighted by atomic mass is 32.2. The third-order valence-electron chi connectivity index (χ3n) is 3.74. The summed E-state index contributed by atoms with van der Waals surface area (Å²) in [7, 11) is 0. The van der Waals surface area contributed by atoms with Gasteiger partial charge in [0.2, 0.25) is 5.91 Å². The first-order chi connectivity index (χ1) is 10.2. The fourth-order valence-electron chi connectivity index (χ4n) is 2.68. The zero-order valence-corrected chi connectivity index (χ0v) is 12.9. The highest BCUT2D eigenvalue weighted by Gasteiger charge is 2.26. The van der Waals surface area contributed by atoms with Crippen molar-refractivity contribution in [3.63, 3.8) is 0 Å². The molecule has 1 amide bonds. The minimum Gasteiger partial charge on any atom is -0.385 e. The molecule has 2 aliphatic heterocycles. The van der Waals surface area contributed by atoms with Crippen molar-refractivity contribution in [1.29, 1.82) is 0 Å². The lowest BCUT2D eigenvalue weighted by Gasteiger charge is -2.17. The molecule has 0 aliphatic carbocycles. The lowest BCUT2D eigenvalue weighted by atomic mass is 10.0. The summed E-state index contributed by atoms with van der Waals surface area (Å²) in [6.07, 6.45) is 2.24. The number of nitrogens with two attached hydrogens (primary N) is 1. The summed E-state index contributed by atoms with van der Waals surface area (Å²) in [6, 6.07) is 3.75. The molecule has 3 N–H and O–H groups in total. The van der Waals surface area contributed by atoms with Crippen LogP contribution in [0.15, 0.2) is 17.1 Å². The summed E-state index contributed by atoms with van der Waals surface area (Å²) in [5.74, 6) is 0.264. The zero-order chi connectivity index (χ0) is 14.4. The fraction of sp³-hybridized carbons (Fsp3) is 0.357. The van der Waals surface area contributed by atoms with Gasteiger partial charge in [-0.3, -0.25) is 9.79 Å². The first-order valence-electron chi connectivity index (χ1n) is 6.89. The molecule has 1 aromatic carbocycles. The first-order valence-corrected chi connectivity index (χ1v) is 8.69. The van der Waals surface area contributed by atoms with E-state index in [1.165, 1.54) is 16.0 Å². The Labute approximate surface area is 130 Å². The van der Waals surface area contributed by atoms with Crippen molar-refractivity contribution in [2.75, 3.05) is 17.6 Å². The number of nitrogens with one attached hydrogen (secondary N) is 1. The molecule has 0 fully saturated rings. The number of anilines is 1. The Kier molecular flexibility index (Phi) is 3.11. The Morgan fingerprint density at radius 2 is 2.33 bits per heavy atom. The minimum absolute atomic E-state index is 0.361. The van der Waals surface area contributed by atoms with Gasteiger partial charge in [-0.2, -0.15) is 0 Å². The maximum absolute atomic E-state index is 11.2. The van der Waals surface area contributed by atoms with Crippen molar-refractivity contribution in [3.05, 3.63) is 22.7 Å². The first kappa shape index (κ1) is 13.1. The number of thiazole rings is 1. The molecule has 2 aromatic rings. The van der Waals surface area contributed by atoms with Crippen LogP contribution in [0, 0.1) is 0 Å². The molecule has 21 heavy (non-hydrogen) atoms. The van der Waals surface area contributed by atoms with Crippen LogP contribution in [0.4, 0.5) is 5.69 Å². The molecule has 108 valence electrons. The van der Waals surface area contributed by atoms with Crippen LogP contribution in [-0.4, -0.2) is 34.3 Å². The average Bonchev–Trinajstić information content (AvgIpc) is 3.13. The molecule has 2 aliphatic rings. The van der Waals surface area contributed by atoms with E-state index in [1.807, 2.05) is 0 Å². The molecule has 1 aromatic heterocycles. The number of nitrogens with zero attached hydrogens (tertiary/aromatic N) is 2. The fourth-order valence-corrected chi connectivity index (χ4v) is 4.93. The molecule has 0 saturated carbocycles. The van der Waals surface area contributed by atoms with E-state index in [9.17, 15) is 4.79 Å². The van der Waals surface area contributed by atoms with Gasteiger partial charge in [-0.05, 0) is 30.5 Å². The second-order valence-electron chi connectivity index (χ2n) is 5.15. The van der Waals surface area contributed by atoms with Gasteiger partial charge in [0.05, 0.1) is 10.2 Å². The molecule has 0 bridgehead atoms. The van der Waals surface area contributed by atoms with Gasteiger partial charge in [0.1, 0.15) is 16.1 Å². The van der Waals surface area contributed by atoms with Gasteiger partial charge in [-0.25, -0.2) is 4.98 Å². The van der Waals surface area contributed by atoms with Gasteiger partial charge in [0.15, 0.2) is 0 Å². The van der Waals surface area contributed by atoms with Gasteiger partial charge in [0, 0.05) is 18.0 Å². The van der Waals surface area contributed by atoms with Crippen LogP contribution < -0.4 is 11.1 Å². The summed E-state index contributed by atoms with van der Waals surface area (Å²) in [6.45, 7) is 1.03. The molecular weight excluding hydrogens is 304 g/mol. The van der Waals surface area contributed by atoms with Crippen LogP contribution in [0.5, 0.6) is 0 Å². The largest absolute Gasteiger partial charge is 0.385 e. The third kappa shape index (κ3) is 2.20. The number of aromatic nitrogens is 1. The van der Waals surface area contributed by atoms with Crippen LogP contribution in [0.25, 0.3) is 10.2 Å². The lowest BCUT2D eigenvalue weighted by molar-refractivity contribution is -0.118. The van der Waals surface area contributed by atoms with E-state index < -0.39 is 6.04 Å². The number of thioether (sulfide) groups is 1. The number of amides is 1. The summed E-state index contributed by atoms with van der Waals surface area (Å²) in [4.78, 5) is 20.3. The number of primary amides is 1. The van der Waals surface area contributed by atoms with Gasteiger partial charge in [0.25, 0.3) is 0 Å². The van der Waals surface area contributed by atoms with E-state index in [0.29, 0.717) is 5.75 Å². The lowest BCUT2D eigenvalue weighted by Crippen LogP contribution is -2.26. The molecule has 7 heteroatoms. The summed E-state index contributed by atoms with van der Waals surface area (Å²) in [5.41, 5.74) is 8.92. The molecule has 3 heterocycles. The number of rotatable bonds is 2. The van der Waals surface area contributed by atoms with Crippen molar-refractivity contribution in [2.24, 2.45) is 10.7 Å². The Bertz CT molecular complexity index is 768. The molecule has 5 nitrogen and oxygen atoms in total. The Balaban J connectivity index is 1.78. The standard InChI is InChI=1S/C14H14N4OS2/c15-12(19)10-6-20-13(18-10)14-17-9-4-3-8-7(11(9)21-14)2-1-5-16-8/h3-4,10,16H,1-2,5-6H2,(H2,15,19). The van der Waals surface area contributed by atoms with Crippen LogP contribution in [-0.2, 0) is 11.2 Å². The van der Waals surface area contributed by atoms with Crippen LogP contribution in [0.1, 0.15) is 17.0 Å². The number of benzene rings is 1. The van der Waals surface area contributed by atoms with Gasteiger partial charge in [-0.15, -0.1) is 23.1 Å². The second-order valence-corrected chi connectivity index (χ2v) is 7.16. The van der Waals surface area contributed by atoms with Crippen molar-refractivity contribution in [3.8, 4) is 0 Å². The summed E-state index contributed by atoms with van der Waals surface area (Å²) in [5, 5.41) is 5.18. The minimum atomic E-state index is -0.410. The monoisotopic (exact) mass is 318 g/mol. The van der Waals surface area contributed by atoms with E-state index in [0.717, 1.165) is 35.0 Å². The highest BCUT2D eigenvalue weighted by molar-refractivity contribution is 8.15. The predicted molar refractivity (Wildman–Crippen MR) is 88.4 cm³/mol. The van der Waals surface area contributed by atoms with Crippen molar-refractivity contribution >= 4 is 50.0 Å². The quantitative estimate of drug-likeness (QED) is 0.887. The summed E-state index contributed by atoms with van der Waals surface area (Å²) >= 11 is 3.23. The van der Waals surface area contributed by atoms with E-state index >= 15 is 0 Å². The molecule has 0 saturated heterocycles. The van der Waals surface area contributed by atoms with Gasteiger partial charge < -0.3 is 11.1 Å². The Morgan fingerprint density at radius 3 is 3.14 bits per heavy atom. The molecule has 1 unspecified atom stereocenters. The maximum atomic E-state index is 11.2. The highest BCUT2D eigenvalue weighted by Crippen LogP contribution is 2.36. The van der Waals surface area contributed by atoms with E-state index in [1.54, 1.807) is 23.1 Å². The van der Waals surface area contributed by atoms with Crippen LogP contribution in [0.2, 0.25) is 0 Å². The number of fused-ring (bicyclic) bond motifs is 3. The van der Waals surface area contributed by atoms with Crippen molar-refractivity contribution in [1.82, 2.24) is 4.98 Å². The van der Waals surface area contributed by atoms with Gasteiger partial charge >= 0.3 is 0 Å². The molecule has 0 spiro atoms. The van der Waals surface area contributed by atoms with E-state index in [4.69, 9.17) is 5.73 Å². The number of carbonyl (C=O) groups excluding carboxylic acids is 1. The van der Waals surface area contributed by atoms with E-state index in [-0.39, 0.29) is 5.91 Å². The predicted octanol–water partition coefficient (Wildman–Crippen LogP) is 2.00. The van der Waals surface area contributed by atoms with Crippen LogP contribution >= 0.6 is 23.1 Å². The van der Waals surface area contributed by atoms with E-state index in [2.05, 4.69) is 27.4 Å². The molecular formula is C14H14N4OS2. The third-order valence-corrected chi connectivity index (χ3v) is 6.06. The molecule has 0 radical (unpaired) electrons. The number of hydrogen-bond acceptors (Lipinski definition) is 6. The zero-order valence-electron chi connectivity index (χ0n) is 11.3. The van der Waals surface area contributed by atoms with Crippen molar-refractivity contribution < 1.29 is 4.79 Å². The topological polar surface area (TPSA) is 80.4 Å². The number of aliphatic imine (C=N–C) groups is 1. The Morgan fingerprint density at radius 1 is 1.43 bits per heavy atom. The van der Waals surface area contributed by atoms with Gasteiger partial charge in [-0.1, -0.05) is 0 Å². The van der Waals surface area contributed by atoms with Crippen LogP contribution in [0.3, 0.4) is 0 Å². The number of carbonyl (C=O) groups is 1. The number of aryl methyl sites for hydroxylation is 1. The second kappa shape index (κ2) is 4.99. The maximum Gasteiger partial charge on any atom is 0.243 e. The molecule has 4 rings (SSSR count).